The molecule has 4 aromatic carbocycles. The second-order valence-electron chi connectivity index (χ2n) is 12.1. The summed E-state index contributed by atoms with van der Waals surface area (Å²) in [6.45, 7) is 11.0. The van der Waals surface area contributed by atoms with Gasteiger partial charge < -0.3 is 38.0 Å². The molecule has 1 aliphatic heterocycles. The molecule has 10 nitrogen and oxygen atoms in total. The molecule has 1 saturated heterocycles. The van der Waals surface area contributed by atoms with Crippen LogP contribution < -0.4 is 4.74 Å². The Bertz CT molecular complexity index is 2120. The Kier molecular flexibility index (Phi) is 12.7. The zero-order valence-electron chi connectivity index (χ0n) is 29.0. The molecule has 0 spiro atoms. The van der Waals surface area contributed by atoms with Crippen LogP contribution in [0, 0.1) is 0 Å². The smallest absolute Gasteiger partial charge is 0.333 e. The van der Waals surface area contributed by atoms with Gasteiger partial charge >= 0.3 is 11.9 Å². The summed E-state index contributed by atoms with van der Waals surface area (Å²) in [4.78, 5) is 22.0. The molecule has 6 aromatic rings. The molecule has 0 aliphatic carbocycles. The lowest BCUT2D eigenvalue weighted by atomic mass is 10.1. The van der Waals surface area contributed by atoms with Crippen molar-refractivity contribution in [2.24, 2.45) is 0 Å². The number of rotatable bonds is 11. The maximum atomic E-state index is 11.3. The maximum absolute atomic E-state index is 11.3. The minimum Gasteiger partial charge on any atom is -0.508 e. The van der Waals surface area contributed by atoms with Crippen molar-refractivity contribution in [2.45, 2.75) is 26.1 Å². The molecule has 0 saturated carbocycles. The van der Waals surface area contributed by atoms with Crippen molar-refractivity contribution < 1.29 is 47.6 Å². The third-order valence-electron chi connectivity index (χ3n) is 7.46. The Hall–Kier alpha value is -6.10. The number of furan rings is 2. The predicted molar refractivity (Wildman–Crippen MR) is 198 cm³/mol. The number of esters is 2. The summed E-state index contributed by atoms with van der Waals surface area (Å²) >= 11 is 0. The van der Waals surface area contributed by atoms with Crippen LogP contribution in [0.1, 0.15) is 13.8 Å². The van der Waals surface area contributed by atoms with Gasteiger partial charge in [0.1, 0.15) is 66.2 Å². The maximum Gasteiger partial charge on any atom is 0.333 e. The van der Waals surface area contributed by atoms with Gasteiger partial charge in [-0.15, -0.1) is 0 Å². The normalized spacial score (nSPS) is 13.5. The van der Waals surface area contributed by atoms with Gasteiger partial charge in [-0.1, -0.05) is 73.8 Å². The van der Waals surface area contributed by atoms with Crippen LogP contribution in [0.15, 0.2) is 142 Å². The highest BCUT2D eigenvalue weighted by Gasteiger charge is 2.24. The number of benzene rings is 4. The molecule has 0 bridgehead atoms. The molecule has 1 aliphatic rings. The SMILES string of the molecule is C=C(C)C(=O)OCC(O)COc1ccc2cc(-c3ccccc3)oc2c1.C=C(C)C(=O)OCC1CO1.Oc1ccc2cc(-c3ccccc3)oc2c1. The molecule has 0 amide bonds. The highest BCUT2D eigenvalue weighted by atomic mass is 16.6. The Morgan fingerprint density at radius 2 is 1.25 bits per heavy atom. The summed E-state index contributed by atoms with van der Waals surface area (Å²) in [7, 11) is 0. The molecular formula is C42H40O10. The fourth-order valence-corrected chi connectivity index (χ4v) is 4.60. The molecule has 10 heteroatoms. The molecule has 3 heterocycles. The van der Waals surface area contributed by atoms with Crippen LogP contribution in [0.25, 0.3) is 44.6 Å². The quantitative estimate of drug-likeness (QED) is 0.0769. The Morgan fingerprint density at radius 3 is 1.79 bits per heavy atom. The summed E-state index contributed by atoms with van der Waals surface area (Å²) < 4.78 is 31.6. The number of hydrogen-bond donors (Lipinski definition) is 2. The monoisotopic (exact) mass is 704 g/mol. The van der Waals surface area contributed by atoms with Crippen molar-refractivity contribution in [3.8, 4) is 34.1 Å². The Morgan fingerprint density at radius 1 is 0.731 bits per heavy atom. The van der Waals surface area contributed by atoms with Gasteiger partial charge in [-0.25, -0.2) is 9.59 Å². The summed E-state index contributed by atoms with van der Waals surface area (Å²) in [6, 6.07) is 34.3. The van der Waals surface area contributed by atoms with Crippen LogP contribution in [0.4, 0.5) is 0 Å². The highest BCUT2D eigenvalue weighted by molar-refractivity contribution is 5.87. The minimum atomic E-state index is -0.925. The summed E-state index contributed by atoms with van der Waals surface area (Å²) in [5.74, 6) is 1.52. The molecule has 2 unspecified atom stereocenters. The number of phenols is 1. The first-order valence-corrected chi connectivity index (χ1v) is 16.5. The molecule has 1 fully saturated rings. The van der Waals surface area contributed by atoms with E-state index in [1.54, 1.807) is 38.1 Å². The van der Waals surface area contributed by atoms with E-state index in [-0.39, 0.29) is 36.6 Å². The first-order valence-electron chi connectivity index (χ1n) is 16.5. The van der Waals surface area contributed by atoms with E-state index in [1.807, 2.05) is 84.9 Å². The summed E-state index contributed by atoms with van der Waals surface area (Å²) in [5, 5.41) is 21.2. The highest BCUT2D eigenvalue weighted by Crippen LogP contribution is 2.31. The lowest BCUT2D eigenvalue weighted by Crippen LogP contribution is -2.25. The number of phenolic OH excluding ortho intramolecular Hbond substituents is 1. The minimum absolute atomic E-state index is 0.00122. The number of aliphatic hydroxyl groups is 1. The summed E-state index contributed by atoms with van der Waals surface area (Å²) in [5.41, 5.74) is 4.17. The Labute approximate surface area is 301 Å². The van der Waals surface area contributed by atoms with E-state index in [2.05, 4.69) is 13.2 Å². The van der Waals surface area contributed by atoms with E-state index in [1.165, 1.54) is 0 Å². The number of aliphatic hydroxyl groups excluding tert-OH is 1. The van der Waals surface area contributed by atoms with Crippen LogP contribution in [0.5, 0.6) is 11.5 Å². The second-order valence-corrected chi connectivity index (χ2v) is 12.1. The molecule has 0 radical (unpaired) electrons. The van der Waals surface area contributed by atoms with Crippen LogP contribution in [0.2, 0.25) is 0 Å². The van der Waals surface area contributed by atoms with Crippen LogP contribution in [-0.4, -0.2) is 60.8 Å². The molecule has 2 aromatic heterocycles. The number of hydrogen-bond acceptors (Lipinski definition) is 10. The molecule has 7 rings (SSSR count). The van der Waals surface area contributed by atoms with Gasteiger partial charge in [-0.3, -0.25) is 0 Å². The lowest BCUT2D eigenvalue weighted by Gasteiger charge is -2.12. The van der Waals surface area contributed by atoms with Gasteiger partial charge in [0.05, 0.1) is 6.61 Å². The standard InChI is InChI=1S/C21H20O5.C14H10O2.C7H10O3/c1-14(2)21(23)25-13-17(22)12-24-18-9-8-16-10-19(26-20(16)11-18)15-6-4-3-5-7-15;15-12-7-6-11-8-13(16-14(11)9-12)10-4-2-1-3-5-10;1-5(2)7(8)10-4-6-3-9-6/h3-11,17,22H,1,12-13H2,2H3;1-9,15H;6H,1,3-4H2,2H3. The first kappa shape index (κ1) is 37.2. The number of carbonyl (C=O) groups excluding carboxylic acids is 2. The van der Waals surface area contributed by atoms with Crippen molar-refractivity contribution in [2.75, 3.05) is 26.4 Å². The van der Waals surface area contributed by atoms with Crippen molar-refractivity contribution >= 4 is 33.9 Å². The van der Waals surface area contributed by atoms with Crippen molar-refractivity contribution in [1.29, 1.82) is 0 Å². The number of epoxide rings is 1. The van der Waals surface area contributed by atoms with Gasteiger partial charge in [-0.2, -0.15) is 0 Å². The lowest BCUT2D eigenvalue weighted by molar-refractivity contribution is -0.142. The van der Waals surface area contributed by atoms with Crippen molar-refractivity contribution in [3.63, 3.8) is 0 Å². The topological polar surface area (TPSA) is 141 Å². The van der Waals surface area contributed by atoms with Crippen molar-refractivity contribution in [3.05, 3.63) is 133 Å². The average molecular weight is 705 g/mol. The molecule has 2 atom stereocenters. The zero-order chi connectivity index (χ0) is 37.0. The number of fused-ring (bicyclic) bond motifs is 2. The van der Waals surface area contributed by atoms with E-state index in [0.29, 0.717) is 35.7 Å². The molecule has 268 valence electrons. The number of ether oxygens (including phenoxy) is 4. The predicted octanol–water partition coefficient (Wildman–Crippen LogP) is 8.27. The van der Waals surface area contributed by atoms with Gasteiger partial charge in [0.2, 0.25) is 0 Å². The van der Waals surface area contributed by atoms with Crippen molar-refractivity contribution in [1.82, 2.24) is 0 Å². The third-order valence-corrected chi connectivity index (χ3v) is 7.46. The molecular weight excluding hydrogens is 664 g/mol. The van der Waals surface area contributed by atoms with Crippen LogP contribution in [-0.2, 0) is 23.8 Å². The third kappa shape index (κ3) is 10.9. The first-order chi connectivity index (χ1) is 25.0. The second kappa shape index (κ2) is 17.7. The Balaban J connectivity index is 0.000000169. The van der Waals surface area contributed by atoms with Crippen LogP contribution >= 0.6 is 0 Å². The largest absolute Gasteiger partial charge is 0.508 e. The van der Waals surface area contributed by atoms with Gasteiger partial charge in [0.25, 0.3) is 0 Å². The average Bonchev–Trinajstić information content (AvgIpc) is 3.74. The van der Waals surface area contributed by atoms with Gasteiger partial charge in [0, 0.05) is 45.2 Å². The molecule has 2 N–H and O–H groups in total. The zero-order valence-corrected chi connectivity index (χ0v) is 29.0. The fourth-order valence-electron chi connectivity index (χ4n) is 4.60. The molecule has 52 heavy (non-hydrogen) atoms. The fraction of sp³-hybridized carbons (Fsp3) is 0.190. The van der Waals surface area contributed by atoms with E-state index in [9.17, 15) is 19.8 Å². The number of carbonyl (C=O) groups is 2. The summed E-state index contributed by atoms with van der Waals surface area (Å²) in [6.07, 6.45) is -0.784. The van der Waals surface area contributed by atoms with Gasteiger partial charge in [-0.05, 0) is 50.2 Å². The van der Waals surface area contributed by atoms with Crippen LogP contribution in [0.3, 0.4) is 0 Å². The van der Waals surface area contributed by atoms with Gasteiger partial charge in [0.15, 0.2) is 0 Å². The van der Waals surface area contributed by atoms with E-state index in [0.717, 1.165) is 33.4 Å². The van der Waals surface area contributed by atoms with E-state index in [4.69, 9.17) is 27.8 Å². The van der Waals surface area contributed by atoms with E-state index < -0.39 is 12.1 Å². The number of aromatic hydroxyl groups is 1. The van der Waals surface area contributed by atoms with E-state index >= 15 is 0 Å².